The van der Waals surface area contributed by atoms with Gasteiger partial charge in [0.05, 0.1) is 6.54 Å². The first-order valence-corrected chi connectivity index (χ1v) is 15.4. The van der Waals surface area contributed by atoms with E-state index in [1.807, 2.05) is 44.2 Å². The Labute approximate surface area is 258 Å². The number of cyclic esters (lactones) is 1. The van der Waals surface area contributed by atoms with E-state index in [0.717, 1.165) is 51.0 Å². The lowest BCUT2D eigenvalue weighted by Gasteiger charge is -2.37. The average Bonchev–Trinajstić information content (AvgIpc) is 3.41. The van der Waals surface area contributed by atoms with Gasteiger partial charge in [0.15, 0.2) is 0 Å². The highest BCUT2D eigenvalue weighted by Crippen LogP contribution is 2.23. The molecule has 5 rings (SSSR count). The maximum atomic E-state index is 12.7. The number of amidine groups is 1. The van der Waals surface area contributed by atoms with E-state index in [1.165, 1.54) is 0 Å². The van der Waals surface area contributed by atoms with Crippen molar-refractivity contribution >= 4 is 29.7 Å². The summed E-state index contributed by atoms with van der Waals surface area (Å²) in [4.78, 5) is 48.9. The third-order valence-corrected chi connectivity index (χ3v) is 8.49. The van der Waals surface area contributed by atoms with Crippen molar-refractivity contribution < 1.29 is 28.7 Å². The molecule has 2 aromatic carbocycles. The number of benzene rings is 2. The first-order chi connectivity index (χ1) is 21.3. The first-order valence-electron chi connectivity index (χ1n) is 15.4. The number of piperazine rings is 1. The maximum absolute atomic E-state index is 12.7. The Morgan fingerprint density at radius 2 is 1.75 bits per heavy atom. The molecule has 3 heterocycles. The molecule has 0 aliphatic carbocycles. The molecule has 0 aromatic heterocycles. The quantitative estimate of drug-likeness (QED) is 0.250. The van der Waals surface area contributed by atoms with Crippen LogP contribution in [-0.2, 0) is 25.7 Å². The van der Waals surface area contributed by atoms with Crippen LogP contribution < -0.4 is 10.2 Å². The molecule has 12 nitrogen and oxygen atoms in total. The number of anilines is 1. The molecule has 44 heavy (non-hydrogen) atoms. The molecule has 3 aliphatic heterocycles. The number of hydrogen-bond donors (Lipinski definition) is 2. The number of rotatable bonds is 9. The zero-order valence-corrected chi connectivity index (χ0v) is 25.4. The van der Waals surface area contributed by atoms with Crippen molar-refractivity contribution in [3.05, 3.63) is 65.7 Å². The SMILES string of the molecule is CC(C(=O)OCc1ccccc1)N1CCN(CC2CN(c3ccc(C(=N)NC(=O)ON4CCCCC4C)cc3)C(=O)O2)CC1. The van der Waals surface area contributed by atoms with Crippen LogP contribution in [0.4, 0.5) is 15.3 Å². The van der Waals surface area contributed by atoms with Crippen LogP contribution in [0, 0.1) is 5.41 Å². The Morgan fingerprint density at radius 1 is 1.02 bits per heavy atom. The number of esters is 1. The Hall–Kier alpha value is -4.00. The van der Waals surface area contributed by atoms with E-state index in [2.05, 4.69) is 15.1 Å². The number of nitrogens with zero attached hydrogens (tertiary/aromatic N) is 4. The molecule has 0 spiro atoms. The average molecular weight is 607 g/mol. The highest BCUT2D eigenvalue weighted by atomic mass is 16.7. The topological polar surface area (TPSA) is 128 Å². The molecule has 0 radical (unpaired) electrons. The molecule has 3 saturated heterocycles. The van der Waals surface area contributed by atoms with E-state index < -0.39 is 12.2 Å². The summed E-state index contributed by atoms with van der Waals surface area (Å²) in [5.74, 6) is -0.308. The van der Waals surface area contributed by atoms with Gasteiger partial charge < -0.3 is 14.3 Å². The summed E-state index contributed by atoms with van der Waals surface area (Å²) in [6.07, 6.45) is 1.67. The lowest BCUT2D eigenvalue weighted by atomic mass is 10.1. The predicted octanol–water partition coefficient (Wildman–Crippen LogP) is 3.60. The van der Waals surface area contributed by atoms with E-state index >= 15 is 0 Å². The van der Waals surface area contributed by atoms with Crippen LogP contribution >= 0.6 is 0 Å². The standard InChI is InChI=1S/C32H42N6O6/c1-23-8-6-7-15-38(23)44-31(40)34-29(33)26-11-13-27(14-12-26)37-21-28(43-32(37)41)20-35-16-18-36(19-17-35)24(2)30(39)42-22-25-9-4-3-5-10-25/h3-5,9-14,23-24,28H,6-8,15-22H2,1-2H3,(H2,33,34,40). The van der Waals surface area contributed by atoms with E-state index in [-0.39, 0.29) is 36.6 Å². The Balaban J connectivity index is 1.04. The molecule has 3 unspecified atom stereocenters. The largest absolute Gasteiger partial charge is 0.460 e. The number of ether oxygens (including phenoxy) is 2. The molecular formula is C32H42N6O6. The molecule has 236 valence electrons. The lowest BCUT2D eigenvalue weighted by molar-refractivity contribution is -0.151. The number of nitrogens with one attached hydrogen (secondary N) is 2. The minimum atomic E-state index is -0.683. The van der Waals surface area contributed by atoms with Gasteiger partial charge in [-0.1, -0.05) is 36.8 Å². The summed E-state index contributed by atoms with van der Waals surface area (Å²) in [5.41, 5.74) is 2.12. The Morgan fingerprint density at radius 3 is 2.45 bits per heavy atom. The van der Waals surface area contributed by atoms with Crippen LogP contribution in [0.25, 0.3) is 0 Å². The summed E-state index contributed by atoms with van der Waals surface area (Å²) in [7, 11) is 0. The van der Waals surface area contributed by atoms with Gasteiger partial charge in [-0.05, 0) is 56.5 Å². The van der Waals surface area contributed by atoms with E-state index in [0.29, 0.717) is 30.9 Å². The van der Waals surface area contributed by atoms with Crippen LogP contribution in [0.5, 0.6) is 0 Å². The number of carbonyl (C=O) groups is 3. The van der Waals surface area contributed by atoms with Crippen LogP contribution in [0.2, 0.25) is 0 Å². The van der Waals surface area contributed by atoms with Crippen LogP contribution in [-0.4, -0.2) is 103 Å². The van der Waals surface area contributed by atoms with Gasteiger partial charge in [-0.3, -0.25) is 30.2 Å². The minimum Gasteiger partial charge on any atom is -0.460 e. The normalized spacial score (nSPS) is 22.2. The molecule has 3 fully saturated rings. The van der Waals surface area contributed by atoms with Gasteiger partial charge in [0.2, 0.25) is 0 Å². The number of hydrogen-bond acceptors (Lipinski definition) is 10. The van der Waals surface area contributed by atoms with Gasteiger partial charge >= 0.3 is 18.2 Å². The van der Waals surface area contributed by atoms with Crippen molar-refractivity contribution in [3.8, 4) is 0 Å². The smallest absolute Gasteiger partial charge is 0.431 e. The van der Waals surface area contributed by atoms with Crippen molar-refractivity contribution in [2.24, 2.45) is 0 Å². The van der Waals surface area contributed by atoms with Gasteiger partial charge in [0, 0.05) is 56.6 Å². The zero-order valence-electron chi connectivity index (χ0n) is 25.4. The summed E-state index contributed by atoms with van der Waals surface area (Å²) >= 11 is 0. The summed E-state index contributed by atoms with van der Waals surface area (Å²) < 4.78 is 11.2. The van der Waals surface area contributed by atoms with E-state index in [4.69, 9.17) is 19.7 Å². The fourth-order valence-electron chi connectivity index (χ4n) is 5.77. The van der Waals surface area contributed by atoms with Crippen LogP contribution in [0.1, 0.15) is 44.2 Å². The molecule has 12 heteroatoms. The van der Waals surface area contributed by atoms with Crippen LogP contribution in [0.15, 0.2) is 54.6 Å². The molecule has 0 saturated carbocycles. The van der Waals surface area contributed by atoms with Gasteiger partial charge in [-0.25, -0.2) is 9.59 Å². The number of amides is 2. The van der Waals surface area contributed by atoms with Crippen molar-refractivity contribution in [1.82, 2.24) is 20.2 Å². The molecule has 2 amide bonds. The van der Waals surface area contributed by atoms with Gasteiger partial charge in [-0.2, -0.15) is 0 Å². The fourth-order valence-corrected chi connectivity index (χ4v) is 5.77. The maximum Gasteiger partial charge on any atom is 0.431 e. The highest BCUT2D eigenvalue weighted by Gasteiger charge is 2.35. The third kappa shape index (κ3) is 8.13. The second kappa shape index (κ2) is 14.7. The molecule has 2 aromatic rings. The molecule has 3 atom stereocenters. The Kier molecular flexibility index (Phi) is 10.5. The van der Waals surface area contributed by atoms with E-state index in [1.54, 1.807) is 34.2 Å². The van der Waals surface area contributed by atoms with Crippen molar-refractivity contribution in [2.45, 2.75) is 57.9 Å². The monoisotopic (exact) mass is 606 g/mol. The van der Waals surface area contributed by atoms with Crippen LogP contribution in [0.3, 0.4) is 0 Å². The lowest BCUT2D eigenvalue weighted by Crippen LogP contribution is -2.53. The zero-order chi connectivity index (χ0) is 31.1. The molecule has 3 aliphatic rings. The molecule has 0 bridgehead atoms. The molecule has 2 N–H and O–H groups in total. The number of carbonyl (C=O) groups excluding carboxylic acids is 3. The van der Waals surface area contributed by atoms with Gasteiger partial charge in [-0.15, -0.1) is 5.06 Å². The van der Waals surface area contributed by atoms with Gasteiger partial charge in [0.1, 0.15) is 24.6 Å². The number of hydroxylamine groups is 2. The second-order valence-electron chi connectivity index (χ2n) is 11.6. The second-order valence-corrected chi connectivity index (χ2v) is 11.6. The fraction of sp³-hybridized carbons (Fsp3) is 0.500. The molecular weight excluding hydrogens is 564 g/mol. The van der Waals surface area contributed by atoms with E-state index in [9.17, 15) is 14.4 Å². The van der Waals surface area contributed by atoms with Gasteiger partial charge in [0.25, 0.3) is 0 Å². The van der Waals surface area contributed by atoms with Crippen molar-refractivity contribution in [3.63, 3.8) is 0 Å². The predicted molar refractivity (Wildman–Crippen MR) is 164 cm³/mol. The first kappa shape index (κ1) is 31.4. The van der Waals surface area contributed by atoms with Crippen molar-refractivity contribution in [1.29, 1.82) is 5.41 Å². The Bertz CT molecular complexity index is 1300. The third-order valence-electron chi connectivity index (χ3n) is 8.49. The summed E-state index contributed by atoms with van der Waals surface area (Å²) in [6.45, 7) is 8.82. The summed E-state index contributed by atoms with van der Waals surface area (Å²) in [6, 6.07) is 16.3. The van der Waals surface area contributed by atoms with Crippen molar-refractivity contribution in [2.75, 3.05) is 50.7 Å². The highest BCUT2D eigenvalue weighted by molar-refractivity contribution is 6.04. The minimum absolute atomic E-state index is 0.0778. The summed E-state index contributed by atoms with van der Waals surface area (Å²) in [5, 5.41) is 12.4. The number of piperidine rings is 1.